The lowest BCUT2D eigenvalue weighted by molar-refractivity contribution is 0.434. The Balaban J connectivity index is 2.39. The molecule has 2 nitrogen and oxygen atoms in total. The van der Waals surface area contributed by atoms with Gasteiger partial charge in [0.05, 0.1) is 4.47 Å². The third-order valence-corrected chi connectivity index (χ3v) is 3.49. The molecule has 94 valence electrons. The molecule has 0 spiro atoms. The van der Waals surface area contributed by atoms with Gasteiger partial charge in [-0.25, -0.2) is 4.39 Å². The van der Waals surface area contributed by atoms with Crippen molar-refractivity contribution in [3.05, 3.63) is 56.7 Å². The van der Waals surface area contributed by atoms with Gasteiger partial charge < -0.3 is 10.5 Å². The Hall–Kier alpha value is -0.910. The van der Waals surface area contributed by atoms with E-state index in [1.807, 2.05) is 12.1 Å². The SMILES string of the molecule is NCc1cccc(F)c1Oc1ccc(Br)cc1Br. The normalized spacial score (nSPS) is 10.4. The maximum Gasteiger partial charge on any atom is 0.167 e. The molecule has 2 rings (SSSR count). The average Bonchev–Trinajstić information content (AvgIpc) is 2.34. The van der Waals surface area contributed by atoms with Crippen LogP contribution in [0.5, 0.6) is 11.5 Å². The van der Waals surface area contributed by atoms with Gasteiger partial charge >= 0.3 is 0 Å². The van der Waals surface area contributed by atoms with Crippen LogP contribution in [0.3, 0.4) is 0 Å². The quantitative estimate of drug-likeness (QED) is 0.851. The smallest absolute Gasteiger partial charge is 0.167 e. The average molecular weight is 375 g/mol. The van der Waals surface area contributed by atoms with Gasteiger partial charge in [0, 0.05) is 16.6 Å². The molecule has 18 heavy (non-hydrogen) atoms. The molecule has 0 radical (unpaired) electrons. The van der Waals surface area contributed by atoms with Crippen molar-refractivity contribution in [2.75, 3.05) is 0 Å². The number of halogens is 3. The molecule has 0 heterocycles. The minimum Gasteiger partial charge on any atom is -0.453 e. The zero-order chi connectivity index (χ0) is 13.1. The van der Waals surface area contributed by atoms with Gasteiger partial charge in [-0.3, -0.25) is 0 Å². The number of benzene rings is 2. The minimum atomic E-state index is -0.423. The number of ether oxygens (including phenoxy) is 1. The molecule has 2 aromatic carbocycles. The molecular formula is C13H10Br2FNO. The second kappa shape index (κ2) is 5.82. The summed E-state index contributed by atoms with van der Waals surface area (Å²) in [5, 5.41) is 0. The van der Waals surface area contributed by atoms with Gasteiger partial charge in [-0.2, -0.15) is 0 Å². The van der Waals surface area contributed by atoms with Crippen molar-refractivity contribution in [1.29, 1.82) is 0 Å². The predicted octanol–water partition coefficient (Wildman–Crippen LogP) is 4.60. The van der Waals surface area contributed by atoms with Gasteiger partial charge in [0.1, 0.15) is 5.75 Å². The third kappa shape index (κ3) is 2.91. The summed E-state index contributed by atoms with van der Waals surface area (Å²) in [6, 6.07) is 10.1. The molecule has 0 aromatic heterocycles. The van der Waals surface area contributed by atoms with Crippen LogP contribution in [0.2, 0.25) is 0 Å². The first-order valence-electron chi connectivity index (χ1n) is 5.22. The topological polar surface area (TPSA) is 35.2 Å². The van der Waals surface area contributed by atoms with Crippen LogP contribution in [-0.4, -0.2) is 0 Å². The fourth-order valence-corrected chi connectivity index (χ4v) is 2.62. The monoisotopic (exact) mass is 373 g/mol. The highest BCUT2D eigenvalue weighted by Gasteiger charge is 2.11. The lowest BCUT2D eigenvalue weighted by atomic mass is 10.2. The van der Waals surface area contributed by atoms with Gasteiger partial charge in [0.15, 0.2) is 11.6 Å². The van der Waals surface area contributed by atoms with Crippen LogP contribution in [0.1, 0.15) is 5.56 Å². The summed E-state index contributed by atoms with van der Waals surface area (Å²) in [6.45, 7) is 0.223. The summed E-state index contributed by atoms with van der Waals surface area (Å²) in [4.78, 5) is 0. The number of rotatable bonds is 3. The lowest BCUT2D eigenvalue weighted by Crippen LogP contribution is -2.01. The predicted molar refractivity (Wildman–Crippen MR) is 76.2 cm³/mol. The molecule has 2 aromatic rings. The summed E-state index contributed by atoms with van der Waals surface area (Å²) in [5.41, 5.74) is 6.20. The van der Waals surface area contributed by atoms with Crippen LogP contribution in [0, 0.1) is 5.82 Å². The Morgan fingerprint density at radius 2 is 1.94 bits per heavy atom. The molecule has 5 heteroatoms. The van der Waals surface area contributed by atoms with E-state index < -0.39 is 5.82 Å². The van der Waals surface area contributed by atoms with Crippen molar-refractivity contribution in [2.24, 2.45) is 5.73 Å². The molecule has 0 aliphatic heterocycles. The van der Waals surface area contributed by atoms with Gasteiger partial charge in [0.2, 0.25) is 0 Å². The number of hydrogen-bond donors (Lipinski definition) is 1. The van der Waals surface area contributed by atoms with E-state index in [0.29, 0.717) is 11.3 Å². The number of hydrogen-bond acceptors (Lipinski definition) is 2. The van der Waals surface area contributed by atoms with E-state index in [4.69, 9.17) is 10.5 Å². The second-order valence-corrected chi connectivity index (χ2v) is 5.38. The largest absolute Gasteiger partial charge is 0.453 e. The third-order valence-electron chi connectivity index (χ3n) is 2.37. The van der Waals surface area contributed by atoms with E-state index in [2.05, 4.69) is 31.9 Å². The van der Waals surface area contributed by atoms with Crippen molar-refractivity contribution in [2.45, 2.75) is 6.54 Å². The summed E-state index contributed by atoms with van der Waals surface area (Å²) in [6.07, 6.45) is 0. The van der Waals surface area contributed by atoms with Gasteiger partial charge in [-0.1, -0.05) is 28.1 Å². The highest BCUT2D eigenvalue weighted by molar-refractivity contribution is 9.11. The van der Waals surface area contributed by atoms with Crippen LogP contribution >= 0.6 is 31.9 Å². The molecule has 0 fully saturated rings. The first-order chi connectivity index (χ1) is 8.61. The molecule has 0 saturated heterocycles. The van der Waals surface area contributed by atoms with Crippen molar-refractivity contribution in [3.63, 3.8) is 0 Å². The molecule has 0 bridgehead atoms. The Morgan fingerprint density at radius 1 is 1.17 bits per heavy atom. The summed E-state index contributed by atoms with van der Waals surface area (Å²) >= 11 is 6.71. The zero-order valence-electron chi connectivity index (χ0n) is 9.29. The molecular weight excluding hydrogens is 365 g/mol. The van der Waals surface area contributed by atoms with Crippen LogP contribution in [0.25, 0.3) is 0 Å². The van der Waals surface area contributed by atoms with Crippen molar-refractivity contribution in [1.82, 2.24) is 0 Å². The minimum absolute atomic E-state index is 0.169. The van der Waals surface area contributed by atoms with Gasteiger partial charge in [-0.15, -0.1) is 0 Å². The maximum atomic E-state index is 13.7. The first kappa shape index (κ1) is 13.5. The van der Waals surface area contributed by atoms with E-state index >= 15 is 0 Å². The van der Waals surface area contributed by atoms with Crippen LogP contribution in [0.15, 0.2) is 45.3 Å². The Bertz CT molecular complexity index is 575. The molecule has 2 N–H and O–H groups in total. The number of nitrogens with two attached hydrogens (primary N) is 1. The molecule has 0 atom stereocenters. The van der Waals surface area contributed by atoms with Crippen molar-refractivity contribution < 1.29 is 9.13 Å². The van der Waals surface area contributed by atoms with Crippen molar-refractivity contribution >= 4 is 31.9 Å². The first-order valence-corrected chi connectivity index (χ1v) is 6.81. The molecule has 0 unspecified atom stereocenters. The van der Waals surface area contributed by atoms with Gasteiger partial charge in [-0.05, 0) is 40.2 Å². The number of para-hydroxylation sites is 1. The van der Waals surface area contributed by atoms with E-state index in [-0.39, 0.29) is 12.3 Å². The highest BCUT2D eigenvalue weighted by atomic mass is 79.9. The van der Waals surface area contributed by atoms with Gasteiger partial charge in [0.25, 0.3) is 0 Å². The van der Waals surface area contributed by atoms with E-state index in [1.165, 1.54) is 6.07 Å². The summed E-state index contributed by atoms with van der Waals surface area (Å²) in [7, 11) is 0. The van der Waals surface area contributed by atoms with Crippen molar-refractivity contribution in [3.8, 4) is 11.5 Å². The van der Waals surface area contributed by atoms with Crippen LogP contribution < -0.4 is 10.5 Å². The molecule has 0 amide bonds. The maximum absolute atomic E-state index is 13.7. The molecule has 0 aliphatic rings. The fourth-order valence-electron chi connectivity index (χ4n) is 1.50. The fraction of sp³-hybridized carbons (Fsp3) is 0.0769. The Labute approximate surface area is 121 Å². The van der Waals surface area contributed by atoms with Crippen LogP contribution in [-0.2, 0) is 6.54 Å². The highest BCUT2D eigenvalue weighted by Crippen LogP contribution is 2.34. The Kier molecular flexibility index (Phi) is 4.37. The summed E-state index contributed by atoms with van der Waals surface area (Å²) < 4.78 is 21.0. The standard InChI is InChI=1S/C13H10Br2FNO/c14-9-4-5-12(10(15)6-9)18-13-8(7-17)2-1-3-11(13)16/h1-6H,7,17H2. The second-order valence-electron chi connectivity index (χ2n) is 3.61. The zero-order valence-corrected chi connectivity index (χ0v) is 12.5. The van der Waals surface area contributed by atoms with E-state index in [9.17, 15) is 4.39 Å². The molecule has 0 saturated carbocycles. The van der Waals surface area contributed by atoms with E-state index in [1.54, 1.807) is 18.2 Å². The van der Waals surface area contributed by atoms with E-state index in [0.717, 1.165) is 8.95 Å². The Morgan fingerprint density at radius 3 is 2.61 bits per heavy atom. The molecule has 0 aliphatic carbocycles. The van der Waals surface area contributed by atoms with Crippen LogP contribution in [0.4, 0.5) is 4.39 Å². The summed E-state index contributed by atoms with van der Waals surface area (Å²) in [5.74, 6) is 0.286. The lowest BCUT2D eigenvalue weighted by Gasteiger charge is -2.12.